The van der Waals surface area contributed by atoms with Gasteiger partial charge in [-0.05, 0) is 67.4 Å². The summed E-state index contributed by atoms with van der Waals surface area (Å²) in [6.45, 7) is 1.99. The van der Waals surface area contributed by atoms with Crippen molar-refractivity contribution < 1.29 is 14.0 Å². The van der Waals surface area contributed by atoms with Crippen molar-refractivity contribution in [1.82, 2.24) is 0 Å². The molecule has 2 atom stereocenters. The number of allylic oxidation sites excluding steroid dienone is 1. The number of amides is 1. The van der Waals surface area contributed by atoms with Gasteiger partial charge >= 0.3 is 0 Å². The van der Waals surface area contributed by atoms with Crippen molar-refractivity contribution in [3.63, 3.8) is 0 Å². The Balaban J connectivity index is 1.57. The molecule has 4 aromatic rings. The average Bonchev–Trinajstić information content (AvgIpc) is 3.40. The van der Waals surface area contributed by atoms with Crippen molar-refractivity contribution in [3.05, 3.63) is 130 Å². The predicted octanol–water partition coefficient (Wildman–Crippen LogP) is 7.46. The Labute approximate surface area is 220 Å². The van der Waals surface area contributed by atoms with Gasteiger partial charge in [0.05, 0.1) is 23.7 Å². The molecule has 0 fully saturated rings. The van der Waals surface area contributed by atoms with Crippen molar-refractivity contribution in [2.24, 2.45) is 0 Å². The number of nitrogens with one attached hydrogen (secondary N) is 1. The van der Waals surface area contributed by atoms with Gasteiger partial charge in [-0.2, -0.15) is 0 Å². The van der Waals surface area contributed by atoms with Gasteiger partial charge in [0, 0.05) is 34.2 Å². The first-order chi connectivity index (χ1) is 18.0. The third-order valence-corrected chi connectivity index (χ3v) is 7.39. The van der Waals surface area contributed by atoms with Crippen LogP contribution in [0.5, 0.6) is 0 Å². The molecule has 37 heavy (non-hydrogen) atoms. The van der Waals surface area contributed by atoms with Crippen LogP contribution in [0.3, 0.4) is 0 Å². The highest BCUT2D eigenvalue weighted by molar-refractivity contribution is 6.30. The first-order valence-electron chi connectivity index (χ1n) is 12.3. The number of carbonyl (C=O) groups excluding carboxylic acids is 2. The lowest BCUT2D eigenvalue weighted by molar-refractivity contribution is -0.116. The molecule has 184 valence electrons. The van der Waals surface area contributed by atoms with E-state index in [4.69, 9.17) is 16.0 Å². The molecule has 1 aromatic heterocycles. The van der Waals surface area contributed by atoms with E-state index in [0.29, 0.717) is 34.7 Å². The number of benzene rings is 3. The fourth-order valence-electron chi connectivity index (χ4n) is 5.33. The van der Waals surface area contributed by atoms with E-state index in [1.807, 2.05) is 79.7 Å². The Bertz CT molecular complexity index is 1510. The number of aryl methyl sites for hydroxylation is 1. The largest absolute Gasteiger partial charge is 0.469 e. The molecule has 1 N–H and O–H groups in total. The number of Topliss-reactive ketones (excluding diaryl/α,β-unsaturated/α-hetero) is 1. The third-order valence-electron chi connectivity index (χ3n) is 7.14. The predicted molar refractivity (Wildman–Crippen MR) is 145 cm³/mol. The molecule has 0 spiro atoms. The minimum absolute atomic E-state index is 0.00962. The average molecular weight is 509 g/mol. The van der Waals surface area contributed by atoms with E-state index in [1.54, 1.807) is 23.3 Å². The SMILES string of the molecule is Cc1ccc(C(=O)N2c3ccccc3NC3=C(C(=O)CC(c4ccco4)C3)C2c2ccc(Cl)cc2)cc1. The molecule has 1 amide bonds. The number of halogens is 1. The van der Waals surface area contributed by atoms with Crippen LogP contribution in [0.25, 0.3) is 0 Å². The first-order valence-corrected chi connectivity index (χ1v) is 12.7. The minimum atomic E-state index is -0.623. The number of nitrogens with zero attached hydrogens (tertiary/aromatic N) is 1. The van der Waals surface area contributed by atoms with Crippen molar-refractivity contribution in [1.29, 1.82) is 0 Å². The third kappa shape index (κ3) is 4.25. The van der Waals surface area contributed by atoms with Crippen LogP contribution in [0.2, 0.25) is 5.02 Å². The lowest BCUT2D eigenvalue weighted by Gasteiger charge is -2.35. The molecule has 1 aliphatic carbocycles. The smallest absolute Gasteiger partial charge is 0.259 e. The number of carbonyl (C=O) groups is 2. The number of hydrogen-bond acceptors (Lipinski definition) is 4. The molecule has 0 saturated carbocycles. The number of anilines is 2. The maximum absolute atomic E-state index is 14.2. The van der Waals surface area contributed by atoms with E-state index in [0.717, 1.165) is 28.3 Å². The van der Waals surface area contributed by atoms with E-state index in [1.165, 1.54) is 0 Å². The van der Waals surface area contributed by atoms with Gasteiger partial charge in [-0.15, -0.1) is 0 Å². The Morgan fingerprint density at radius 3 is 2.43 bits per heavy atom. The highest BCUT2D eigenvalue weighted by atomic mass is 35.5. The molecule has 2 heterocycles. The maximum Gasteiger partial charge on any atom is 0.259 e. The standard InChI is InChI=1S/C31H25ClN2O3/c1-19-8-10-21(11-9-19)31(36)34-26-6-3-2-5-24(26)33-25-17-22(28-7-4-16-37-28)18-27(35)29(25)30(34)20-12-14-23(32)15-13-20/h2-16,22,30,33H,17-18H2,1H3. The first kappa shape index (κ1) is 23.3. The highest BCUT2D eigenvalue weighted by Crippen LogP contribution is 2.48. The van der Waals surface area contributed by atoms with Crippen molar-refractivity contribution in [2.75, 3.05) is 10.2 Å². The van der Waals surface area contributed by atoms with Crippen LogP contribution < -0.4 is 10.2 Å². The molecular weight excluding hydrogens is 484 g/mol. The summed E-state index contributed by atoms with van der Waals surface area (Å²) in [5, 5.41) is 4.13. The van der Waals surface area contributed by atoms with E-state index in [9.17, 15) is 9.59 Å². The summed E-state index contributed by atoms with van der Waals surface area (Å²) in [6.07, 6.45) is 2.54. The number of hydrogen-bond donors (Lipinski definition) is 1. The molecular formula is C31H25ClN2O3. The summed E-state index contributed by atoms with van der Waals surface area (Å²) in [5.74, 6) is 0.523. The van der Waals surface area contributed by atoms with Gasteiger partial charge in [0.1, 0.15) is 5.76 Å². The summed E-state index contributed by atoms with van der Waals surface area (Å²) in [7, 11) is 0. The molecule has 0 saturated heterocycles. The zero-order valence-electron chi connectivity index (χ0n) is 20.3. The van der Waals surface area contributed by atoms with Crippen LogP contribution >= 0.6 is 11.6 Å². The molecule has 2 aliphatic rings. The molecule has 0 radical (unpaired) electrons. The number of rotatable bonds is 3. The van der Waals surface area contributed by atoms with Crippen LogP contribution in [0, 0.1) is 6.92 Å². The second kappa shape index (κ2) is 9.41. The monoisotopic (exact) mass is 508 g/mol. The van der Waals surface area contributed by atoms with Gasteiger partial charge < -0.3 is 9.73 Å². The summed E-state index contributed by atoms with van der Waals surface area (Å²) in [4.78, 5) is 29.9. The number of furan rings is 1. The summed E-state index contributed by atoms with van der Waals surface area (Å²) >= 11 is 6.23. The van der Waals surface area contributed by atoms with Gasteiger partial charge in [-0.3, -0.25) is 14.5 Å². The Hall–Kier alpha value is -4.09. The maximum atomic E-state index is 14.2. The van der Waals surface area contributed by atoms with Crippen LogP contribution in [0.1, 0.15) is 52.0 Å². The topological polar surface area (TPSA) is 62.6 Å². The molecule has 2 unspecified atom stereocenters. The molecule has 6 heteroatoms. The number of para-hydroxylation sites is 2. The molecule has 1 aliphatic heterocycles. The lowest BCUT2D eigenvalue weighted by Crippen LogP contribution is -2.38. The number of fused-ring (bicyclic) bond motifs is 1. The lowest BCUT2D eigenvalue weighted by atomic mass is 9.80. The highest BCUT2D eigenvalue weighted by Gasteiger charge is 2.42. The molecule has 3 aromatic carbocycles. The second-order valence-electron chi connectivity index (χ2n) is 9.57. The summed E-state index contributed by atoms with van der Waals surface area (Å²) in [5.41, 5.74) is 5.34. The molecule has 5 nitrogen and oxygen atoms in total. The van der Waals surface area contributed by atoms with Crippen molar-refractivity contribution in [3.8, 4) is 0 Å². The minimum Gasteiger partial charge on any atom is -0.469 e. The zero-order chi connectivity index (χ0) is 25.5. The van der Waals surface area contributed by atoms with Gasteiger partial charge in [0.25, 0.3) is 5.91 Å². The molecule has 6 rings (SSSR count). The van der Waals surface area contributed by atoms with Gasteiger partial charge in [0.15, 0.2) is 5.78 Å². The fraction of sp³-hybridized carbons (Fsp3) is 0.161. The normalized spacial score (nSPS) is 19.1. The van der Waals surface area contributed by atoms with Gasteiger partial charge in [-0.25, -0.2) is 0 Å². The summed E-state index contributed by atoms with van der Waals surface area (Å²) in [6, 6.07) is 25.8. The van der Waals surface area contributed by atoms with Crippen LogP contribution in [-0.2, 0) is 4.79 Å². The van der Waals surface area contributed by atoms with Crippen LogP contribution in [-0.4, -0.2) is 11.7 Å². The van der Waals surface area contributed by atoms with E-state index < -0.39 is 6.04 Å². The molecule has 0 bridgehead atoms. The van der Waals surface area contributed by atoms with E-state index in [2.05, 4.69) is 5.32 Å². The second-order valence-corrected chi connectivity index (χ2v) is 10.0. The van der Waals surface area contributed by atoms with Crippen LogP contribution in [0.4, 0.5) is 11.4 Å². The van der Waals surface area contributed by atoms with Gasteiger partial charge in [0.2, 0.25) is 0 Å². The van der Waals surface area contributed by atoms with Crippen molar-refractivity contribution >= 4 is 34.7 Å². The zero-order valence-corrected chi connectivity index (χ0v) is 21.0. The van der Waals surface area contributed by atoms with Crippen molar-refractivity contribution in [2.45, 2.75) is 31.7 Å². The van der Waals surface area contributed by atoms with Crippen LogP contribution in [0.15, 0.2) is 107 Å². The Morgan fingerprint density at radius 2 is 1.70 bits per heavy atom. The quantitative estimate of drug-likeness (QED) is 0.312. The number of ketones is 1. The Kier molecular flexibility index (Phi) is 5.93. The summed E-state index contributed by atoms with van der Waals surface area (Å²) < 4.78 is 5.67. The van der Waals surface area contributed by atoms with E-state index in [-0.39, 0.29) is 17.6 Å². The van der Waals surface area contributed by atoms with Gasteiger partial charge in [-0.1, -0.05) is 53.6 Å². The Morgan fingerprint density at radius 1 is 0.946 bits per heavy atom. The van der Waals surface area contributed by atoms with E-state index >= 15 is 0 Å². The fourth-order valence-corrected chi connectivity index (χ4v) is 5.46.